The number of hydrogen-bond acceptors (Lipinski definition) is 3. The molecule has 0 atom stereocenters. The summed E-state index contributed by atoms with van der Waals surface area (Å²) in [5, 5.41) is 4.24. The molecule has 0 spiro atoms. The van der Waals surface area contributed by atoms with Gasteiger partial charge in [0.2, 0.25) is 0 Å². The molecular weight excluding hydrogens is 335 g/mol. The third-order valence-electron chi connectivity index (χ3n) is 2.32. The molecule has 0 unspecified atom stereocenters. The summed E-state index contributed by atoms with van der Waals surface area (Å²) in [7, 11) is 0. The maximum Gasteiger partial charge on any atom is 0.256 e. The van der Waals surface area contributed by atoms with Gasteiger partial charge in [0.15, 0.2) is 0 Å². The first-order valence-corrected chi connectivity index (χ1v) is 6.79. The SMILES string of the molecule is NC(=O)c1cc(NC(=O)c2csc(Br)c2)ccc1F. The Morgan fingerprint density at radius 1 is 1.32 bits per heavy atom. The lowest BCUT2D eigenvalue weighted by Gasteiger charge is -2.06. The summed E-state index contributed by atoms with van der Waals surface area (Å²) >= 11 is 4.63. The summed E-state index contributed by atoms with van der Waals surface area (Å²) in [6, 6.07) is 5.32. The first-order valence-electron chi connectivity index (χ1n) is 5.12. The summed E-state index contributed by atoms with van der Waals surface area (Å²) in [5.74, 6) is -1.94. The molecule has 0 saturated heterocycles. The van der Waals surface area contributed by atoms with Crippen molar-refractivity contribution in [2.24, 2.45) is 5.73 Å². The van der Waals surface area contributed by atoms with E-state index in [0.29, 0.717) is 11.3 Å². The quantitative estimate of drug-likeness (QED) is 0.899. The van der Waals surface area contributed by atoms with Crippen molar-refractivity contribution in [1.29, 1.82) is 0 Å². The van der Waals surface area contributed by atoms with Gasteiger partial charge in [-0.05, 0) is 40.2 Å². The number of anilines is 1. The molecule has 0 bridgehead atoms. The standard InChI is InChI=1S/C12H8BrFN2O2S/c13-10-3-6(5-19-10)12(18)16-7-1-2-9(14)8(4-7)11(15)17/h1-5H,(H2,15,17)(H,16,18). The lowest BCUT2D eigenvalue weighted by atomic mass is 10.1. The molecule has 2 amide bonds. The van der Waals surface area contributed by atoms with Crippen LogP contribution in [0.1, 0.15) is 20.7 Å². The molecule has 1 aromatic heterocycles. The lowest BCUT2D eigenvalue weighted by Crippen LogP contribution is -2.15. The van der Waals surface area contributed by atoms with Crippen LogP contribution in [0.3, 0.4) is 0 Å². The van der Waals surface area contributed by atoms with Crippen molar-refractivity contribution >= 4 is 44.8 Å². The Kier molecular flexibility index (Phi) is 3.96. The van der Waals surface area contributed by atoms with E-state index in [0.717, 1.165) is 9.85 Å². The van der Waals surface area contributed by atoms with Gasteiger partial charge < -0.3 is 11.1 Å². The van der Waals surface area contributed by atoms with E-state index in [-0.39, 0.29) is 11.5 Å². The van der Waals surface area contributed by atoms with Gasteiger partial charge in [-0.1, -0.05) is 0 Å². The van der Waals surface area contributed by atoms with Crippen LogP contribution < -0.4 is 11.1 Å². The second-order valence-electron chi connectivity index (χ2n) is 3.65. The van der Waals surface area contributed by atoms with E-state index < -0.39 is 11.7 Å². The minimum absolute atomic E-state index is 0.260. The van der Waals surface area contributed by atoms with Crippen LogP contribution >= 0.6 is 27.3 Å². The number of benzene rings is 1. The zero-order valence-electron chi connectivity index (χ0n) is 9.44. The van der Waals surface area contributed by atoms with Crippen LogP contribution in [0.5, 0.6) is 0 Å². The molecule has 0 aliphatic carbocycles. The first kappa shape index (κ1) is 13.7. The van der Waals surface area contributed by atoms with Crippen molar-refractivity contribution in [3.8, 4) is 0 Å². The van der Waals surface area contributed by atoms with Crippen LogP contribution in [0.4, 0.5) is 10.1 Å². The fourth-order valence-electron chi connectivity index (χ4n) is 1.42. The number of carbonyl (C=O) groups is 2. The fourth-order valence-corrected chi connectivity index (χ4v) is 2.56. The smallest absolute Gasteiger partial charge is 0.256 e. The Balaban J connectivity index is 2.22. The summed E-state index contributed by atoms with van der Waals surface area (Å²) in [6.45, 7) is 0. The van der Waals surface area contributed by atoms with Crippen LogP contribution in [-0.2, 0) is 0 Å². The number of amides is 2. The molecular formula is C12H8BrFN2O2S. The van der Waals surface area contributed by atoms with E-state index in [2.05, 4.69) is 21.2 Å². The Bertz CT molecular complexity index is 657. The zero-order valence-corrected chi connectivity index (χ0v) is 11.8. The Labute approximate surface area is 120 Å². The van der Waals surface area contributed by atoms with Gasteiger partial charge in [-0.3, -0.25) is 9.59 Å². The van der Waals surface area contributed by atoms with E-state index in [1.54, 1.807) is 11.4 Å². The maximum atomic E-state index is 13.3. The third kappa shape index (κ3) is 3.18. The van der Waals surface area contributed by atoms with Gasteiger partial charge in [0.25, 0.3) is 11.8 Å². The number of hydrogen-bond donors (Lipinski definition) is 2. The normalized spacial score (nSPS) is 10.2. The third-order valence-corrected chi connectivity index (χ3v) is 3.82. The number of rotatable bonds is 3. The molecule has 0 aliphatic rings. The van der Waals surface area contributed by atoms with Gasteiger partial charge in [-0.2, -0.15) is 0 Å². The van der Waals surface area contributed by atoms with Crippen LogP contribution in [0.2, 0.25) is 0 Å². The average Bonchev–Trinajstić information content (AvgIpc) is 2.78. The minimum Gasteiger partial charge on any atom is -0.366 e. The number of primary amides is 1. The summed E-state index contributed by atoms with van der Waals surface area (Å²) in [4.78, 5) is 22.9. The number of nitrogens with one attached hydrogen (secondary N) is 1. The highest BCUT2D eigenvalue weighted by atomic mass is 79.9. The van der Waals surface area contributed by atoms with Gasteiger partial charge >= 0.3 is 0 Å². The molecule has 3 N–H and O–H groups in total. The van der Waals surface area contributed by atoms with E-state index in [9.17, 15) is 14.0 Å². The summed E-state index contributed by atoms with van der Waals surface area (Å²) in [5.41, 5.74) is 5.55. The molecule has 0 radical (unpaired) electrons. The highest BCUT2D eigenvalue weighted by molar-refractivity contribution is 9.11. The van der Waals surface area contributed by atoms with Crippen molar-refractivity contribution in [3.63, 3.8) is 0 Å². The van der Waals surface area contributed by atoms with Crippen LogP contribution in [0.25, 0.3) is 0 Å². The van der Waals surface area contributed by atoms with Crippen molar-refractivity contribution in [2.75, 3.05) is 5.32 Å². The highest BCUT2D eigenvalue weighted by Crippen LogP contribution is 2.22. The molecule has 2 rings (SSSR count). The van der Waals surface area contributed by atoms with E-state index in [4.69, 9.17) is 5.73 Å². The van der Waals surface area contributed by atoms with Crippen molar-refractivity contribution in [3.05, 3.63) is 50.4 Å². The minimum atomic E-state index is -0.883. The number of carbonyl (C=O) groups excluding carboxylic acids is 2. The molecule has 0 saturated carbocycles. The number of thiophene rings is 1. The van der Waals surface area contributed by atoms with Gasteiger partial charge in [0, 0.05) is 11.1 Å². The topological polar surface area (TPSA) is 72.2 Å². The van der Waals surface area contributed by atoms with Crippen LogP contribution in [0, 0.1) is 5.82 Å². The van der Waals surface area contributed by atoms with Crippen molar-refractivity contribution < 1.29 is 14.0 Å². The molecule has 0 fully saturated rings. The highest BCUT2D eigenvalue weighted by Gasteiger charge is 2.12. The summed E-state index contributed by atoms with van der Waals surface area (Å²) < 4.78 is 14.1. The van der Waals surface area contributed by atoms with Gasteiger partial charge in [0.05, 0.1) is 14.9 Å². The van der Waals surface area contributed by atoms with Gasteiger partial charge in [-0.25, -0.2) is 4.39 Å². The molecule has 0 aliphatic heterocycles. The van der Waals surface area contributed by atoms with Gasteiger partial charge in [-0.15, -0.1) is 11.3 Å². The second-order valence-corrected chi connectivity index (χ2v) is 5.94. The largest absolute Gasteiger partial charge is 0.366 e. The molecule has 2 aromatic rings. The fraction of sp³-hybridized carbons (Fsp3) is 0. The number of nitrogens with two attached hydrogens (primary N) is 1. The first-order chi connectivity index (χ1) is 8.97. The molecule has 19 heavy (non-hydrogen) atoms. The average molecular weight is 343 g/mol. The molecule has 4 nitrogen and oxygen atoms in total. The monoisotopic (exact) mass is 342 g/mol. The van der Waals surface area contributed by atoms with Crippen LogP contribution in [-0.4, -0.2) is 11.8 Å². The van der Waals surface area contributed by atoms with E-state index in [1.807, 2.05) is 0 Å². The lowest BCUT2D eigenvalue weighted by molar-refractivity contribution is 0.0992. The zero-order chi connectivity index (χ0) is 14.0. The van der Waals surface area contributed by atoms with E-state index in [1.165, 1.54) is 23.5 Å². The van der Waals surface area contributed by atoms with Crippen molar-refractivity contribution in [1.82, 2.24) is 0 Å². The van der Waals surface area contributed by atoms with Crippen LogP contribution in [0.15, 0.2) is 33.4 Å². The Hall–Kier alpha value is -1.73. The predicted octanol–water partition coefficient (Wildman–Crippen LogP) is 3.00. The maximum absolute atomic E-state index is 13.3. The second kappa shape index (κ2) is 5.50. The number of halogens is 2. The molecule has 1 aromatic carbocycles. The Morgan fingerprint density at radius 2 is 2.05 bits per heavy atom. The molecule has 98 valence electrons. The van der Waals surface area contributed by atoms with Crippen molar-refractivity contribution in [2.45, 2.75) is 0 Å². The molecule has 7 heteroatoms. The predicted molar refractivity (Wildman–Crippen MR) is 74.9 cm³/mol. The van der Waals surface area contributed by atoms with E-state index >= 15 is 0 Å². The Morgan fingerprint density at radius 3 is 2.63 bits per heavy atom. The molecule has 1 heterocycles. The van der Waals surface area contributed by atoms with Gasteiger partial charge in [0.1, 0.15) is 5.82 Å². The summed E-state index contributed by atoms with van der Waals surface area (Å²) in [6.07, 6.45) is 0.